The molecule has 0 radical (unpaired) electrons. The van der Waals surface area contributed by atoms with Gasteiger partial charge in [-0.1, -0.05) is 12.1 Å². The molecular weight excluding hydrogens is 341 g/mol. The Labute approximate surface area is 129 Å². The second-order valence-corrected chi connectivity index (χ2v) is 5.10. The first-order chi connectivity index (χ1) is 10.0. The van der Waals surface area contributed by atoms with Crippen LogP contribution < -0.4 is 10.5 Å². The fraction of sp³-hybridized carbons (Fsp3) is 0.133. The van der Waals surface area contributed by atoms with E-state index < -0.39 is 5.97 Å². The third kappa shape index (κ3) is 3.52. The molecular formula is C15H13BrFNO3. The number of ether oxygens (including phenoxy) is 2. The van der Waals surface area contributed by atoms with Crippen molar-refractivity contribution in [1.82, 2.24) is 0 Å². The van der Waals surface area contributed by atoms with Crippen molar-refractivity contribution in [3.8, 4) is 5.75 Å². The van der Waals surface area contributed by atoms with Crippen LogP contribution in [0, 0.1) is 5.82 Å². The molecule has 0 saturated carbocycles. The highest BCUT2D eigenvalue weighted by Gasteiger charge is 2.16. The highest BCUT2D eigenvalue weighted by Crippen LogP contribution is 2.26. The molecule has 110 valence electrons. The van der Waals surface area contributed by atoms with Crippen LogP contribution in [0.2, 0.25) is 0 Å². The molecule has 6 heteroatoms. The Balaban J connectivity index is 2.22. The van der Waals surface area contributed by atoms with Gasteiger partial charge in [0.25, 0.3) is 0 Å². The van der Waals surface area contributed by atoms with Crippen LogP contribution in [0.25, 0.3) is 0 Å². The second kappa shape index (κ2) is 6.58. The van der Waals surface area contributed by atoms with Crippen LogP contribution in [-0.2, 0) is 11.3 Å². The normalized spacial score (nSPS) is 10.2. The number of methoxy groups -OCH3 is 1. The lowest BCUT2D eigenvalue weighted by atomic mass is 10.1. The van der Waals surface area contributed by atoms with Crippen molar-refractivity contribution in [1.29, 1.82) is 0 Å². The Bertz CT molecular complexity index is 676. The summed E-state index contributed by atoms with van der Waals surface area (Å²) in [4.78, 5) is 11.7. The number of esters is 1. The first-order valence-corrected chi connectivity index (χ1v) is 6.85. The van der Waals surface area contributed by atoms with Gasteiger partial charge in [-0.15, -0.1) is 0 Å². The van der Waals surface area contributed by atoms with Crippen LogP contribution in [0.1, 0.15) is 15.9 Å². The summed E-state index contributed by atoms with van der Waals surface area (Å²) in [5, 5.41) is 0. The SMILES string of the molecule is COC(=O)c1c(N)cccc1OCc1ccc(F)c(Br)c1. The molecule has 21 heavy (non-hydrogen) atoms. The molecule has 0 heterocycles. The van der Waals surface area contributed by atoms with E-state index in [1.54, 1.807) is 30.3 Å². The Kier molecular flexibility index (Phi) is 4.80. The maximum Gasteiger partial charge on any atom is 0.343 e. The van der Waals surface area contributed by atoms with Crippen LogP contribution >= 0.6 is 15.9 Å². The van der Waals surface area contributed by atoms with Crippen molar-refractivity contribution in [2.24, 2.45) is 0 Å². The van der Waals surface area contributed by atoms with Gasteiger partial charge in [0.15, 0.2) is 0 Å². The summed E-state index contributed by atoms with van der Waals surface area (Å²) in [6.07, 6.45) is 0. The lowest BCUT2D eigenvalue weighted by Gasteiger charge is -2.12. The number of rotatable bonds is 4. The number of carbonyl (C=O) groups excluding carboxylic acids is 1. The van der Waals surface area contributed by atoms with Gasteiger partial charge in [0.05, 0.1) is 11.6 Å². The quantitative estimate of drug-likeness (QED) is 0.674. The van der Waals surface area contributed by atoms with E-state index in [1.165, 1.54) is 13.2 Å². The van der Waals surface area contributed by atoms with E-state index in [4.69, 9.17) is 10.5 Å². The molecule has 0 aliphatic heterocycles. The van der Waals surface area contributed by atoms with Crippen molar-refractivity contribution in [2.45, 2.75) is 6.61 Å². The Morgan fingerprint density at radius 3 is 2.76 bits per heavy atom. The number of nitrogens with two attached hydrogens (primary N) is 1. The van der Waals surface area contributed by atoms with Crippen molar-refractivity contribution in [2.75, 3.05) is 12.8 Å². The summed E-state index contributed by atoms with van der Waals surface area (Å²) >= 11 is 3.11. The van der Waals surface area contributed by atoms with Gasteiger partial charge in [-0.3, -0.25) is 0 Å². The number of hydrogen-bond acceptors (Lipinski definition) is 4. The number of carbonyl (C=O) groups is 1. The summed E-state index contributed by atoms with van der Waals surface area (Å²) in [5.41, 5.74) is 6.98. The summed E-state index contributed by atoms with van der Waals surface area (Å²) in [7, 11) is 1.27. The van der Waals surface area contributed by atoms with Crippen molar-refractivity contribution >= 4 is 27.6 Å². The van der Waals surface area contributed by atoms with Gasteiger partial charge >= 0.3 is 5.97 Å². The van der Waals surface area contributed by atoms with E-state index in [-0.39, 0.29) is 23.7 Å². The standard InChI is InChI=1S/C15H13BrFNO3/c1-20-15(19)14-12(18)3-2-4-13(14)21-8-9-5-6-11(17)10(16)7-9/h2-7H,8,18H2,1H3. The second-order valence-electron chi connectivity index (χ2n) is 4.25. The number of anilines is 1. The maximum absolute atomic E-state index is 13.2. The minimum absolute atomic E-state index is 0.173. The third-order valence-corrected chi connectivity index (χ3v) is 3.43. The monoisotopic (exact) mass is 353 g/mol. The van der Waals surface area contributed by atoms with Crippen molar-refractivity contribution < 1.29 is 18.7 Å². The predicted molar refractivity (Wildman–Crippen MR) is 80.6 cm³/mol. The van der Waals surface area contributed by atoms with Gasteiger partial charge in [0, 0.05) is 5.69 Å². The van der Waals surface area contributed by atoms with Gasteiger partial charge in [0.2, 0.25) is 0 Å². The average Bonchev–Trinajstić information content (AvgIpc) is 2.48. The van der Waals surface area contributed by atoms with Crippen molar-refractivity contribution in [3.63, 3.8) is 0 Å². The van der Waals surface area contributed by atoms with Gasteiger partial charge in [-0.05, 0) is 45.8 Å². The molecule has 0 aliphatic carbocycles. The minimum Gasteiger partial charge on any atom is -0.488 e. The highest BCUT2D eigenvalue weighted by atomic mass is 79.9. The zero-order chi connectivity index (χ0) is 15.4. The van der Waals surface area contributed by atoms with Gasteiger partial charge in [0.1, 0.15) is 23.7 Å². The van der Waals surface area contributed by atoms with Crippen molar-refractivity contribution in [3.05, 3.63) is 57.8 Å². The number of hydrogen-bond donors (Lipinski definition) is 1. The van der Waals surface area contributed by atoms with E-state index in [0.29, 0.717) is 10.2 Å². The first kappa shape index (κ1) is 15.3. The molecule has 0 unspecified atom stereocenters. The third-order valence-electron chi connectivity index (χ3n) is 2.83. The van der Waals surface area contributed by atoms with Crippen LogP contribution in [-0.4, -0.2) is 13.1 Å². The zero-order valence-electron chi connectivity index (χ0n) is 11.2. The zero-order valence-corrected chi connectivity index (χ0v) is 12.8. The van der Waals surface area contributed by atoms with E-state index in [0.717, 1.165) is 5.56 Å². The Hall–Kier alpha value is -2.08. The summed E-state index contributed by atoms with van der Waals surface area (Å²) in [6, 6.07) is 9.44. The Morgan fingerprint density at radius 1 is 1.33 bits per heavy atom. The number of halogens is 2. The molecule has 0 bridgehead atoms. The first-order valence-electron chi connectivity index (χ1n) is 6.06. The molecule has 4 nitrogen and oxygen atoms in total. The molecule has 2 aromatic rings. The highest BCUT2D eigenvalue weighted by molar-refractivity contribution is 9.10. The molecule has 2 rings (SSSR count). The van der Waals surface area contributed by atoms with Crippen LogP contribution in [0.3, 0.4) is 0 Å². The fourth-order valence-electron chi connectivity index (χ4n) is 1.78. The fourth-order valence-corrected chi connectivity index (χ4v) is 2.21. The maximum atomic E-state index is 13.2. The van der Waals surface area contributed by atoms with E-state index >= 15 is 0 Å². The summed E-state index contributed by atoms with van der Waals surface area (Å²) in [6.45, 7) is 0.173. The van der Waals surface area contributed by atoms with E-state index in [9.17, 15) is 9.18 Å². The minimum atomic E-state index is -0.566. The molecule has 0 fully saturated rings. The van der Waals surface area contributed by atoms with Crippen LogP contribution in [0.15, 0.2) is 40.9 Å². The summed E-state index contributed by atoms with van der Waals surface area (Å²) < 4.78 is 23.8. The summed E-state index contributed by atoms with van der Waals surface area (Å²) in [5.74, 6) is -0.594. The van der Waals surface area contributed by atoms with Crippen LogP contribution in [0.5, 0.6) is 5.75 Å². The molecule has 0 aromatic heterocycles. The lowest BCUT2D eigenvalue weighted by Crippen LogP contribution is -2.09. The molecule has 2 aromatic carbocycles. The van der Waals surface area contributed by atoms with E-state index in [2.05, 4.69) is 20.7 Å². The van der Waals surface area contributed by atoms with E-state index in [1.807, 2.05) is 0 Å². The molecule has 0 atom stereocenters. The number of benzene rings is 2. The molecule has 2 N–H and O–H groups in total. The largest absolute Gasteiger partial charge is 0.488 e. The average molecular weight is 354 g/mol. The topological polar surface area (TPSA) is 61.5 Å². The molecule has 0 aliphatic rings. The lowest BCUT2D eigenvalue weighted by molar-refractivity contribution is 0.0597. The molecule has 0 spiro atoms. The smallest absolute Gasteiger partial charge is 0.343 e. The van der Waals surface area contributed by atoms with Gasteiger partial charge < -0.3 is 15.2 Å². The Morgan fingerprint density at radius 2 is 2.10 bits per heavy atom. The van der Waals surface area contributed by atoms with Crippen LogP contribution in [0.4, 0.5) is 10.1 Å². The van der Waals surface area contributed by atoms with Gasteiger partial charge in [-0.2, -0.15) is 0 Å². The number of nitrogen functional groups attached to an aromatic ring is 1. The van der Waals surface area contributed by atoms with Gasteiger partial charge in [-0.25, -0.2) is 9.18 Å². The molecule has 0 amide bonds. The molecule has 0 saturated heterocycles. The predicted octanol–water partition coefficient (Wildman–Crippen LogP) is 3.54.